The highest BCUT2D eigenvalue weighted by Gasteiger charge is 2.23. The lowest BCUT2D eigenvalue weighted by atomic mass is 10.0. The van der Waals surface area contributed by atoms with Crippen LogP contribution in [0, 0.1) is 11.3 Å². The highest BCUT2D eigenvalue weighted by Crippen LogP contribution is 2.22. The van der Waals surface area contributed by atoms with Crippen LogP contribution in [0.2, 0.25) is 0 Å². The first kappa shape index (κ1) is 18.0. The fraction of sp³-hybridized carbons (Fsp3) is 0.412. The van der Waals surface area contributed by atoms with Crippen LogP contribution in [0.15, 0.2) is 36.5 Å². The summed E-state index contributed by atoms with van der Waals surface area (Å²) >= 11 is 0. The minimum atomic E-state index is -3.62. The van der Waals surface area contributed by atoms with Gasteiger partial charge >= 0.3 is 0 Å². The zero-order chi connectivity index (χ0) is 18.0. The van der Waals surface area contributed by atoms with Crippen LogP contribution in [0.5, 0.6) is 0 Å². The number of nitriles is 1. The third-order valence-corrected chi connectivity index (χ3v) is 5.06. The van der Waals surface area contributed by atoms with E-state index in [1.165, 1.54) is 0 Å². The number of rotatable bonds is 5. The van der Waals surface area contributed by atoms with Gasteiger partial charge in [0.15, 0.2) is 5.82 Å². The van der Waals surface area contributed by atoms with Crippen LogP contribution in [0.25, 0.3) is 0 Å². The van der Waals surface area contributed by atoms with E-state index in [9.17, 15) is 13.7 Å². The van der Waals surface area contributed by atoms with Gasteiger partial charge in [0, 0.05) is 6.20 Å². The maximum Gasteiger partial charge on any atom is 0.234 e. The van der Waals surface area contributed by atoms with Crippen molar-refractivity contribution in [3.8, 4) is 6.07 Å². The van der Waals surface area contributed by atoms with E-state index in [4.69, 9.17) is 0 Å². The molecule has 0 amide bonds. The van der Waals surface area contributed by atoms with Crippen molar-refractivity contribution < 1.29 is 8.42 Å². The predicted octanol–water partition coefficient (Wildman–Crippen LogP) is 3.06. The van der Waals surface area contributed by atoms with Crippen molar-refractivity contribution in [2.45, 2.75) is 39.2 Å². The van der Waals surface area contributed by atoms with Gasteiger partial charge in [0.05, 0.1) is 11.3 Å². The molecule has 0 bridgehead atoms. The van der Waals surface area contributed by atoms with Crippen LogP contribution in [-0.4, -0.2) is 24.0 Å². The van der Waals surface area contributed by atoms with Gasteiger partial charge in [-0.2, -0.15) is 10.4 Å². The van der Waals surface area contributed by atoms with Crippen molar-refractivity contribution in [2.24, 2.45) is 0 Å². The Morgan fingerprint density at radius 3 is 2.46 bits per heavy atom. The van der Waals surface area contributed by atoms with Crippen LogP contribution < -0.4 is 4.72 Å². The molecule has 1 unspecified atom stereocenters. The number of hydrogen-bond donors (Lipinski definition) is 1. The van der Waals surface area contributed by atoms with E-state index in [1.54, 1.807) is 10.9 Å². The van der Waals surface area contributed by atoms with Crippen molar-refractivity contribution in [3.05, 3.63) is 47.7 Å². The molecule has 1 heterocycles. The van der Waals surface area contributed by atoms with Crippen molar-refractivity contribution in [3.63, 3.8) is 0 Å². The smallest absolute Gasteiger partial charge is 0.234 e. The number of aromatic nitrogens is 2. The molecule has 1 aromatic carbocycles. The van der Waals surface area contributed by atoms with E-state index in [0.717, 1.165) is 5.56 Å². The molecule has 0 saturated heterocycles. The molecule has 6 nitrogen and oxygen atoms in total. The summed E-state index contributed by atoms with van der Waals surface area (Å²) < 4.78 is 28.9. The molecule has 0 spiro atoms. The van der Waals surface area contributed by atoms with Gasteiger partial charge in [-0.05, 0) is 32.3 Å². The molecule has 2 rings (SSSR count). The number of anilines is 1. The Morgan fingerprint density at radius 1 is 1.29 bits per heavy atom. The van der Waals surface area contributed by atoms with Gasteiger partial charge in [0.1, 0.15) is 11.6 Å². The molecule has 0 aliphatic heterocycles. The van der Waals surface area contributed by atoms with E-state index >= 15 is 0 Å². The lowest BCUT2D eigenvalue weighted by Gasteiger charge is -2.18. The Kier molecular flexibility index (Phi) is 4.99. The van der Waals surface area contributed by atoms with E-state index in [0.29, 0.717) is 0 Å². The van der Waals surface area contributed by atoms with Crippen LogP contribution in [0.3, 0.4) is 0 Å². The lowest BCUT2D eigenvalue weighted by Crippen LogP contribution is -2.24. The minimum absolute atomic E-state index is 0.0766. The van der Waals surface area contributed by atoms with E-state index < -0.39 is 10.0 Å². The van der Waals surface area contributed by atoms with Crippen molar-refractivity contribution >= 4 is 15.8 Å². The van der Waals surface area contributed by atoms with Crippen LogP contribution in [-0.2, 0) is 15.6 Å². The van der Waals surface area contributed by atoms with Crippen LogP contribution >= 0.6 is 0 Å². The molecule has 0 aliphatic carbocycles. The third kappa shape index (κ3) is 4.36. The Bertz CT molecular complexity index is 843. The summed E-state index contributed by atoms with van der Waals surface area (Å²) in [7, 11) is -3.62. The standard InChI is InChI=1S/C17H22N4O2S/c1-13(14-8-6-5-7-9-14)12-24(22,23)20-16-15(10-18)11-21(19-16)17(2,3)4/h5-9,11,13H,12H2,1-4H3,(H,19,20). The van der Waals surface area contributed by atoms with Gasteiger partial charge in [-0.15, -0.1) is 0 Å². The molecule has 7 heteroatoms. The van der Waals surface area contributed by atoms with Gasteiger partial charge in [0.25, 0.3) is 0 Å². The molecule has 0 fully saturated rings. The maximum atomic E-state index is 12.4. The minimum Gasteiger partial charge on any atom is -0.265 e. The number of sulfonamides is 1. The summed E-state index contributed by atoms with van der Waals surface area (Å²) in [5, 5.41) is 13.4. The Morgan fingerprint density at radius 2 is 1.92 bits per heavy atom. The molecular weight excluding hydrogens is 324 g/mol. The summed E-state index contributed by atoms with van der Waals surface area (Å²) in [6, 6.07) is 11.4. The highest BCUT2D eigenvalue weighted by atomic mass is 32.2. The van der Waals surface area contributed by atoms with Crippen molar-refractivity contribution in [1.82, 2.24) is 9.78 Å². The maximum absolute atomic E-state index is 12.4. The Labute approximate surface area is 143 Å². The number of nitrogens with zero attached hydrogens (tertiary/aromatic N) is 3. The third-order valence-electron chi connectivity index (χ3n) is 3.61. The second-order valence-electron chi connectivity index (χ2n) is 6.81. The number of benzene rings is 1. The Balaban J connectivity index is 2.21. The van der Waals surface area contributed by atoms with Crippen LogP contribution in [0.1, 0.15) is 44.7 Å². The second-order valence-corrected chi connectivity index (χ2v) is 8.58. The van der Waals surface area contributed by atoms with Crippen molar-refractivity contribution in [1.29, 1.82) is 5.26 Å². The fourth-order valence-corrected chi connectivity index (χ4v) is 3.65. The van der Waals surface area contributed by atoms with E-state index in [-0.39, 0.29) is 28.6 Å². The molecule has 2 aromatic rings. The molecule has 128 valence electrons. The normalized spacial score (nSPS) is 13.3. The molecule has 0 saturated carbocycles. The molecule has 1 N–H and O–H groups in total. The highest BCUT2D eigenvalue weighted by molar-refractivity contribution is 7.92. The summed E-state index contributed by atoms with van der Waals surface area (Å²) in [5.41, 5.74) is 0.816. The second kappa shape index (κ2) is 6.65. The van der Waals surface area contributed by atoms with E-state index in [1.807, 2.05) is 64.1 Å². The summed E-state index contributed by atoms with van der Waals surface area (Å²) in [4.78, 5) is 0. The van der Waals surface area contributed by atoms with Gasteiger partial charge in [-0.1, -0.05) is 37.3 Å². The first-order chi connectivity index (χ1) is 11.1. The van der Waals surface area contributed by atoms with Gasteiger partial charge in [0.2, 0.25) is 10.0 Å². The molecule has 1 atom stereocenters. The monoisotopic (exact) mass is 346 g/mol. The largest absolute Gasteiger partial charge is 0.265 e. The van der Waals surface area contributed by atoms with Gasteiger partial charge < -0.3 is 0 Å². The van der Waals surface area contributed by atoms with Gasteiger partial charge in [-0.25, -0.2) is 8.42 Å². The van der Waals surface area contributed by atoms with Crippen LogP contribution in [0.4, 0.5) is 5.82 Å². The lowest BCUT2D eigenvalue weighted by molar-refractivity contribution is 0.356. The molecular formula is C17H22N4O2S. The topological polar surface area (TPSA) is 87.8 Å². The Hall–Kier alpha value is -2.33. The molecule has 0 radical (unpaired) electrons. The molecule has 1 aromatic heterocycles. The number of nitrogens with one attached hydrogen (secondary N) is 1. The molecule has 0 aliphatic rings. The predicted molar refractivity (Wildman–Crippen MR) is 94.2 cm³/mol. The SMILES string of the molecule is CC(CS(=O)(=O)Nc1nn(C(C)(C)C)cc1C#N)c1ccccc1. The average molecular weight is 346 g/mol. The fourth-order valence-electron chi connectivity index (χ4n) is 2.27. The number of hydrogen-bond acceptors (Lipinski definition) is 4. The van der Waals surface area contributed by atoms with Crippen molar-refractivity contribution in [2.75, 3.05) is 10.5 Å². The van der Waals surface area contributed by atoms with Gasteiger partial charge in [-0.3, -0.25) is 9.40 Å². The zero-order valence-corrected chi connectivity index (χ0v) is 15.1. The zero-order valence-electron chi connectivity index (χ0n) is 14.3. The first-order valence-electron chi connectivity index (χ1n) is 7.68. The summed E-state index contributed by atoms with van der Waals surface area (Å²) in [6.07, 6.45) is 1.55. The average Bonchev–Trinajstić information content (AvgIpc) is 2.90. The first-order valence-corrected chi connectivity index (χ1v) is 9.33. The molecule has 24 heavy (non-hydrogen) atoms. The quantitative estimate of drug-likeness (QED) is 0.901. The summed E-state index contributed by atoms with van der Waals surface area (Å²) in [5.74, 6) is -0.170. The van der Waals surface area contributed by atoms with E-state index in [2.05, 4.69) is 9.82 Å². The summed E-state index contributed by atoms with van der Waals surface area (Å²) in [6.45, 7) is 7.64.